The molecule has 11 heteroatoms. The smallest absolute Gasteiger partial charge is 0.272 e. The van der Waals surface area contributed by atoms with Gasteiger partial charge in [0, 0.05) is 16.1 Å². The van der Waals surface area contributed by atoms with E-state index in [9.17, 15) is 14.4 Å². The van der Waals surface area contributed by atoms with Gasteiger partial charge in [0.05, 0.1) is 23.1 Å². The van der Waals surface area contributed by atoms with Gasteiger partial charge in [-0.15, -0.1) is 11.8 Å². The minimum Gasteiger partial charge on any atom is -0.497 e. The normalized spacial score (nSPS) is 11.1. The highest BCUT2D eigenvalue weighted by molar-refractivity contribution is 8.00. The van der Waals surface area contributed by atoms with Crippen molar-refractivity contribution in [3.63, 3.8) is 0 Å². The molecule has 0 spiro atoms. The number of hydrogen-bond acceptors (Lipinski definition) is 8. The first-order valence-corrected chi connectivity index (χ1v) is 17.4. The first-order valence-electron chi connectivity index (χ1n) is 15.6. The number of thioether (sulfide) groups is 1. The van der Waals surface area contributed by atoms with Crippen molar-refractivity contribution in [2.75, 3.05) is 23.5 Å². The molecule has 0 fully saturated rings. The number of nitrogens with one attached hydrogen (secondary N) is 3. The third-order valence-electron chi connectivity index (χ3n) is 7.29. The quantitative estimate of drug-likeness (QED) is 0.0825. The second kappa shape index (κ2) is 16.5. The predicted octanol–water partition coefficient (Wildman–Crippen LogP) is 8.02. The molecule has 3 amide bonds. The fourth-order valence-electron chi connectivity index (χ4n) is 4.73. The number of methoxy groups -OCH3 is 1. The number of ether oxygens (including phenoxy) is 2. The van der Waals surface area contributed by atoms with Crippen molar-refractivity contribution in [3.05, 3.63) is 150 Å². The number of fused-ring (bicyclic) bond motifs is 1. The van der Waals surface area contributed by atoms with Crippen molar-refractivity contribution in [2.45, 2.75) is 11.5 Å². The Kier molecular flexibility index (Phi) is 11.2. The summed E-state index contributed by atoms with van der Waals surface area (Å²) in [6, 6.07) is 38.5. The van der Waals surface area contributed by atoms with Gasteiger partial charge in [0.25, 0.3) is 11.8 Å². The van der Waals surface area contributed by atoms with Gasteiger partial charge in [0.15, 0.2) is 5.13 Å². The predicted molar refractivity (Wildman–Crippen MR) is 200 cm³/mol. The van der Waals surface area contributed by atoms with E-state index in [0.717, 1.165) is 26.4 Å². The number of aromatic nitrogens is 1. The third-order valence-corrected chi connectivity index (χ3v) is 9.24. The number of hydrogen-bond donors (Lipinski definition) is 3. The minimum atomic E-state index is -0.494. The molecule has 0 saturated carbocycles. The van der Waals surface area contributed by atoms with Crippen LogP contribution in [0.5, 0.6) is 11.5 Å². The molecule has 3 N–H and O–H groups in total. The zero-order valence-corrected chi connectivity index (χ0v) is 28.6. The lowest BCUT2D eigenvalue weighted by Crippen LogP contribution is -2.30. The van der Waals surface area contributed by atoms with Gasteiger partial charge in [-0.3, -0.25) is 14.4 Å². The Balaban J connectivity index is 1.08. The Morgan fingerprint density at radius 2 is 1.50 bits per heavy atom. The largest absolute Gasteiger partial charge is 0.497 e. The third kappa shape index (κ3) is 9.37. The van der Waals surface area contributed by atoms with Crippen LogP contribution in [0, 0.1) is 0 Å². The van der Waals surface area contributed by atoms with Gasteiger partial charge in [0.1, 0.15) is 23.8 Å². The first-order chi connectivity index (χ1) is 24.4. The van der Waals surface area contributed by atoms with E-state index in [-0.39, 0.29) is 17.4 Å². The van der Waals surface area contributed by atoms with Crippen molar-refractivity contribution in [1.82, 2.24) is 10.3 Å². The van der Waals surface area contributed by atoms with E-state index < -0.39 is 11.8 Å². The maximum Gasteiger partial charge on any atom is 0.272 e. The van der Waals surface area contributed by atoms with Crippen LogP contribution in [0.25, 0.3) is 16.3 Å². The average Bonchev–Trinajstić information content (AvgIpc) is 3.56. The van der Waals surface area contributed by atoms with Gasteiger partial charge in [0.2, 0.25) is 5.91 Å². The lowest BCUT2D eigenvalue weighted by molar-refractivity contribution is -0.114. The van der Waals surface area contributed by atoms with Crippen molar-refractivity contribution < 1.29 is 23.9 Å². The molecular weight excluding hydrogens is 669 g/mol. The van der Waals surface area contributed by atoms with E-state index in [1.165, 1.54) is 23.1 Å². The van der Waals surface area contributed by atoms with Crippen LogP contribution in [0.1, 0.15) is 21.5 Å². The van der Waals surface area contributed by atoms with Crippen LogP contribution in [-0.4, -0.2) is 35.6 Å². The zero-order valence-electron chi connectivity index (χ0n) is 26.9. The Morgan fingerprint density at radius 1 is 0.800 bits per heavy atom. The molecule has 0 radical (unpaired) electrons. The topological polar surface area (TPSA) is 119 Å². The molecule has 6 aromatic rings. The standard InChI is InChI=1S/C39H32N4O5S2/c1-47-31-18-21-33-35(23-31)50-39(42-33)43-36(44)25-49-32-19-14-29(15-20-32)40-38(46)34(41-37(45)28-10-6-3-7-11-28)22-26-12-16-30(17-13-26)48-24-27-8-4-2-5-9-27/h2-23H,24-25H2,1H3,(H,40,46)(H,41,45)(H,42,43,44)/b34-22-. The van der Waals surface area contributed by atoms with Crippen LogP contribution in [0.15, 0.2) is 138 Å². The van der Waals surface area contributed by atoms with E-state index in [4.69, 9.17) is 9.47 Å². The summed E-state index contributed by atoms with van der Waals surface area (Å²) in [5, 5.41) is 9.00. The fraction of sp³-hybridized carbons (Fsp3) is 0.0769. The van der Waals surface area contributed by atoms with Gasteiger partial charge in [-0.05, 0) is 83.9 Å². The maximum absolute atomic E-state index is 13.5. The van der Waals surface area contributed by atoms with E-state index in [1.54, 1.807) is 49.6 Å². The SMILES string of the molecule is COc1ccc2nc(NC(=O)CSc3ccc(NC(=O)/C(=C/c4ccc(OCc5ccccc5)cc4)NC(=O)c4ccccc4)cc3)sc2c1. The summed E-state index contributed by atoms with van der Waals surface area (Å²) in [6.07, 6.45) is 1.61. The number of carbonyl (C=O) groups is 3. The fourth-order valence-corrected chi connectivity index (χ4v) is 6.34. The monoisotopic (exact) mass is 700 g/mol. The van der Waals surface area contributed by atoms with Crippen LogP contribution in [-0.2, 0) is 16.2 Å². The Bertz CT molecular complexity index is 2120. The van der Waals surface area contributed by atoms with Crippen molar-refractivity contribution in [2.24, 2.45) is 0 Å². The lowest BCUT2D eigenvalue weighted by Gasteiger charge is -2.12. The molecule has 1 heterocycles. The van der Waals surface area contributed by atoms with Gasteiger partial charge in [-0.2, -0.15) is 0 Å². The van der Waals surface area contributed by atoms with Crippen LogP contribution < -0.4 is 25.4 Å². The number of benzene rings is 5. The highest BCUT2D eigenvalue weighted by atomic mass is 32.2. The molecule has 0 aliphatic rings. The Labute approximate surface area is 297 Å². The Morgan fingerprint density at radius 3 is 2.22 bits per heavy atom. The molecule has 1 aromatic heterocycles. The summed E-state index contributed by atoms with van der Waals surface area (Å²) in [4.78, 5) is 44.5. The van der Waals surface area contributed by atoms with E-state index in [2.05, 4.69) is 20.9 Å². The van der Waals surface area contributed by atoms with Gasteiger partial charge in [-0.25, -0.2) is 4.98 Å². The second-order valence-electron chi connectivity index (χ2n) is 10.9. The molecule has 0 atom stereocenters. The zero-order chi connectivity index (χ0) is 34.7. The minimum absolute atomic E-state index is 0.0696. The average molecular weight is 701 g/mol. The van der Waals surface area contributed by atoms with E-state index >= 15 is 0 Å². The lowest BCUT2D eigenvalue weighted by atomic mass is 10.1. The molecule has 9 nitrogen and oxygen atoms in total. The molecule has 250 valence electrons. The van der Waals surface area contributed by atoms with Crippen LogP contribution in [0.2, 0.25) is 0 Å². The van der Waals surface area contributed by atoms with Crippen molar-refractivity contribution in [3.8, 4) is 11.5 Å². The summed E-state index contributed by atoms with van der Waals surface area (Å²) in [7, 11) is 1.61. The summed E-state index contributed by atoms with van der Waals surface area (Å²) < 4.78 is 12.1. The van der Waals surface area contributed by atoms with Crippen molar-refractivity contribution in [1.29, 1.82) is 0 Å². The maximum atomic E-state index is 13.5. The molecule has 50 heavy (non-hydrogen) atoms. The van der Waals surface area contributed by atoms with E-state index in [1.807, 2.05) is 91.0 Å². The summed E-state index contributed by atoms with van der Waals surface area (Å²) in [6.45, 7) is 0.432. The van der Waals surface area contributed by atoms with Gasteiger partial charge < -0.3 is 25.4 Å². The van der Waals surface area contributed by atoms with Crippen molar-refractivity contribution >= 4 is 67.9 Å². The summed E-state index contributed by atoms with van der Waals surface area (Å²) in [5.74, 6) is 0.502. The molecular formula is C39H32N4O5S2. The molecule has 0 aliphatic heterocycles. The number of nitrogens with zero attached hydrogens (tertiary/aromatic N) is 1. The number of rotatable bonds is 13. The van der Waals surface area contributed by atoms with Gasteiger partial charge in [-0.1, -0.05) is 72.0 Å². The number of thiazole rings is 1. The number of carbonyl (C=O) groups excluding carboxylic acids is 3. The summed E-state index contributed by atoms with van der Waals surface area (Å²) >= 11 is 2.74. The van der Waals surface area contributed by atoms with Crippen LogP contribution in [0.3, 0.4) is 0 Å². The Hall–Kier alpha value is -5.91. The molecule has 0 bridgehead atoms. The second-order valence-corrected chi connectivity index (χ2v) is 13.0. The molecule has 0 unspecified atom stereocenters. The van der Waals surface area contributed by atoms with Crippen LogP contribution in [0.4, 0.5) is 10.8 Å². The number of anilines is 2. The molecule has 0 aliphatic carbocycles. The highest BCUT2D eigenvalue weighted by Crippen LogP contribution is 2.29. The highest BCUT2D eigenvalue weighted by Gasteiger charge is 2.16. The first kappa shape index (κ1) is 34.0. The molecule has 5 aromatic carbocycles. The van der Waals surface area contributed by atoms with E-state index in [0.29, 0.717) is 34.3 Å². The molecule has 0 saturated heterocycles. The van der Waals surface area contributed by atoms with Gasteiger partial charge >= 0.3 is 0 Å². The summed E-state index contributed by atoms with van der Waals surface area (Å²) in [5.41, 5.74) is 3.56. The number of amides is 3. The molecule has 6 rings (SSSR count). The van der Waals surface area contributed by atoms with Crippen LogP contribution >= 0.6 is 23.1 Å².